The zero-order chi connectivity index (χ0) is 14.8. The fourth-order valence-electron chi connectivity index (χ4n) is 2.36. The molecule has 1 aromatic heterocycles. The Bertz CT molecular complexity index is 641. The number of thiazole rings is 1. The number of aromatic nitrogens is 1. The van der Waals surface area contributed by atoms with Gasteiger partial charge in [0.1, 0.15) is 16.8 Å². The van der Waals surface area contributed by atoms with E-state index in [9.17, 15) is 9.18 Å². The normalized spacial score (nSPS) is 18.8. The lowest BCUT2D eigenvalue weighted by Crippen LogP contribution is -2.42. The van der Waals surface area contributed by atoms with Gasteiger partial charge < -0.3 is 9.64 Å². The first-order valence-corrected chi connectivity index (χ1v) is 7.59. The second-order valence-electron chi connectivity index (χ2n) is 4.93. The molecule has 1 fully saturated rings. The molecule has 0 bridgehead atoms. The van der Waals surface area contributed by atoms with Crippen LogP contribution >= 0.6 is 11.3 Å². The Morgan fingerprint density at radius 3 is 2.86 bits per heavy atom. The van der Waals surface area contributed by atoms with Gasteiger partial charge in [-0.3, -0.25) is 4.79 Å². The van der Waals surface area contributed by atoms with Gasteiger partial charge in [0.05, 0.1) is 24.4 Å². The van der Waals surface area contributed by atoms with Gasteiger partial charge in [-0.25, -0.2) is 9.37 Å². The first-order valence-electron chi connectivity index (χ1n) is 6.71. The topological polar surface area (TPSA) is 42.4 Å². The number of halogens is 1. The van der Waals surface area contributed by atoms with Crippen molar-refractivity contribution in [1.29, 1.82) is 0 Å². The smallest absolute Gasteiger partial charge is 0.266 e. The zero-order valence-corrected chi connectivity index (χ0v) is 12.4. The lowest BCUT2D eigenvalue weighted by atomic mass is 10.1. The molecular weight excluding hydrogens is 291 g/mol. The summed E-state index contributed by atoms with van der Waals surface area (Å²) in [6.45, 7) is 3.35. The van der Waals surface area contributed by atoms with Crippen LogP contribution in [0.2, 0.25) is 0 Å². The molecule has 0 saturated carbocycles. The molecule has 0 radical (unpaired) electrons. The van der Waals surface area contributed by atoms with Crippen LogP contribution in [0.1, 0.15) is 27.0 Å². The third kappa shape index (κ3) is 2.96. The van der Waals surface area contributed by atoms with Gasteiger partial charge in [0.25, 0.3) is 5.91 Å². The van der Waals surface area contributed by atoms with E-state index in [0.717, 1.165) is 11.3 Å². The molecule has 21 heavy (non-hydrogen) atoms. The molecular formula is C15H15FN2O2S. The van der Waals surface area contributed by atoms with E-state index < -0.39 is 0 Å². The first-order chi connectivity index (χ1) is 10.1. The van der Waals surface area contributed by atoms with Crippen LogP contribution in [0.3, 0.4) is 0 Å². The van der Waals surface area contributed by atoms with E-state index >= 15 is 0 Å². The fourth-order valence-corrected chi connectivity index (χ4v) is 3.13. The third-order valence-corrected chi connectivity index (χ3v) is 4.45. The Balaban J connectivity index is 1.75. The summed E-state index contributed by atoms with van der Waals surface area (Å²) in [5.74, 6) is -0.284. The number of amides is 1. The van der Waals surface area contributed by atoms with Gasteiger partial charge in [-0.2, -0.15) is 0 Å². The second-order valence-corrected chi connectivity index (χ2v) is 5.78. The zero-order valence-electron chi connectivity index (χ0n) is 11.6. The number of carbonyl (C=O) groups excluding carboxylic acids is 1. The van der Waals surface area contributed by atoms with Crippen molar-refractivity contribution < 1.29 is 13.9 Å². The van der Waals surface area contributed by atoms with Crippen molar-refractivity contribution in [3.63, 3.8) is 0 Å². The minimum atomic E-state index is -0.275. The van der Waals surface area contributed by atoms with E-state index in [0.29, 0.717) is 24.6 Å². The van der Waals surface area contributed by atoms with E-state index in [1.165, 1.54) is 23.5 Å². The van der Waals surface area contributed by atoms with E-state index in [1.807, 2.05) is 6.92 Å². The molecule has 2 aromatic rings. The lowest BCUT2D eigenvalue weighted by Gasteiger charge is -2.33. The summed E-state index contributed by atoms with van der Waals surface area (Å²) in [5.41, 5.74) is 3.32. The molecule has 0 aliphatic carbocycles. The number of morpholine rings is 1. The van der Waals surface area contributed by atoms with Crippen LogP contribution in [0, 0.1) is 12.7 Å². The Morgan fingerprint density at radius 2 is 2.19 bits per heavy atom. The summed E-state index contributed by atoms with van der Waals surface area (Å²) in [5, 5.41) is 0. The largest absolute Gasteiger partial charge is 0.370 e. The highest BCUT2D eigenvalue weighted by molar-refractivity contribution is 7.11. The molecule has 6 heteroatoms. The van der Waals surface area contributed by atoms with Crippen LogP contribution in [0.4, 0.5) is 4.39 Å². The first kappa shape index (κ1) is 14.2. The highest BCUT2D eigenvalue weighted by Gasteiger charge is 2.27. The number of aryl methyl sites for hydroxylation is 1. The summed E-state index contributed by atoms with van der Waals surface area (Å²) in [6.07, 6.45) is -0.212. The molecule has 2 heterocycles. The van der Waals surface area contributed by atoms with E-state index in [2.05, 4.69) is 4.98 Å². The molecule has 1 saturated heterocycles. The number of hydrogen-bond donors (Lipinski definition) is 0. The van der Waals surface area contributed by atoms with Crippen molar-refractivity contribution in [1.82, 2.24) is 9.88 Å². The lowest BCUT2D eigenvalue weighted by molar-refractivity contribution is -0.0227. The third-order valence-electron chi connectivity index (χ3n) is 3.54. The maximum atomic E-state index is 13.0. The molecule has 0 N–H and O–H groups in total. The van der Waals surface area contributed by atoms with Gasteiger partial charge in [-0.05, 0) is 24.6 Å². The Morgan fingerprint density at radius 1 is 1.43 bits per heavy atom. The quantitative estimate of drug-likeness (QED) is 0.857. The van der Waals surface area contributed by atoms with Crippen LogP contribution in [0.5, 0.6) is 0 Å². The summed E-state index contributed by atoms with van der Waals surface area (Å²) >= 11 is 1.36. The van der Waals surface area contributed by atoms with E-state index in [1.54, 1.807) is 22.5 Å². The molecule has 110 valence electrons. The van der Waals surface area contributed by atoms with Crippen molar-refractivity contribution in [3.8, 4) is 0 Å². The summed E-state index contributed by atoms with van der Waals surface area (Å²) in [6, 6.07) is 6.22. The van der Waals surface area contributed by atoms with Crippen molar-refractivity contribution in [3.05, 3.63) is 51.7 Å². The Labute approximate surface area is 126 Å². The molecule has 0 spiro atoms. The fraction of sp³-hybridized carbons (Fsp3) is 0.333. The molecule has 1 atom stereocenters. The van der Waals surface area contributed by atoms with Crippen molar-refractivity contribution in [2.75, 3.05) is 19.7 Å². The minimum Gasteiger partial charge on any atom is -0.370 e. The van der Waals surface area contributed by atoms with Crippen molar-refractivity contribution in [2.24, 2.45) is 0 Å². The minimum absolute atomic E-state index is 0.00888. The van der Waals surface area contributed by atoms with Crippen molar-refractivity contribution >= 4 is 17.2 Å². The Kier molecular flexibility index (Phi) is 3.98. The molecule has 1 amide bonds. The van der Waals surface area contributed by atoms with E-state index in [-0.39, 0.29) is 17.8 Å². The van der Waals surface area contributed by atoms with E-state index in [4.69, 9.17) is 4.74 Å². The van der Waals surface area contributed by atoms with Crippen LogP contribution in [-0.4, -0.2) is 35.5 Å². The van der Waals surface area contributed by atoms with Crippen LogP contribution in [-0.2, 0) is 4.74 Å². The number of ether oxygens (including phenoxy) is 1. The monoisotopic (exact) mass is 306 g/mol. The highest BCUT2D eigenvalue weighted by atomic mass is 32.1. The standard InChI is InChI=1S/C15H15FN2O2S/c1-10-14(21-9-17-10)15(19)18-6-7-20-13(8-18)11-2-4-12(16)5-3-11/h2-5,9,13H,6-8H2,1H3. The Hall–Kier alpha value is -1.79. The van der Waals surface area contributed by atoms with Gasteiger partial charge in [0.2, 0.25) is 0 Å². The average molecular weight is 306 g/mol. The van der Waals surface area contributed by atoms with Crippen molar-refractivity contribution in [2.45, 2.75) is 13.0 Å². The SMILES string of the molecule is Cc1ncsc1C(=O)N1CCOC(c2ccc(F)cc2)C1. The van der Waals surface area contributed by atoms with Crippen LogP contribution in [0.15, 0.2) is 29.8 Å². The molecule has 1 aliphatic heterocycles. The number of carbonyl (C=O) groups is 1. The maximum absolute atomic E-state index is 13.0. The predicted molar refractivity (Wildman–Crippen MR) is 77.8 cm³/mol. The highest BCUT2D eigenvalue weighted by Crippen LogP contribution is 2.25. The molecule has 1 aliphatic rings. The predicted octanol–water partition coefficient (Wildman–Crippen LogP) is 2.80. The van der Waals surface area contributed by atoms with Gasteiger partial charge in [0, 0.05) is 6.54 Å². The van der Waals surface area contributed by atoms with Gasteiger partial charge in [-0.1, -0.05) is 12.1 Å². The van der Waals surface area contributed by atoms with Crippen LogP contribution < -0.4 is 0 Å². The number of rotatable bonds is 2. The van der Waals surface area contributed by atoms with Gasteiger partial charge in [-0.15, -0.1) is 11.3 Å². The van der Waals surface area contributed by atoms with Gasteiger partial charge >= 0.3 is 0 Å². The summed E-state index contributed by atoms with van der Waals surface area (Å²) in [4.78, 5) is 19.1. The molecule has 4 nitrogen and oxygen atoms in total. The number of benzene rings is 1. The molecule has 3 rings (SSSR count). The van der Waals surface area contributed by atoms with Gasteiger partial charge in [0.15, 0.2) is 0 Å². The van der Waals surface area contributed by atoms with Crippen LogP contribution in [0.25, 0.3) is 0 Å². The number of nitrogens with zero attached hydrogens (tertiary/aromatic N) is 2. The maximum Gasteiger partial charge on any atom is 0.266 e. The second kappa shape index (κ2) is 5.91. The molecule has 1 aromatic carbocycles. The molecule has 1 unspecified atom stereocenters. The summed E-state index contributed by atoms with van der Waals surface area (Å²) in [7, 11) is 0. The average Bonchev–Trinajstić information content (AvgIpc) is 2.93. The summed E-state index contributed by atoms with van der Waals surface area (Å²) < 4.78 is 18.7. The number of hydrogen-bond acceptors (Lipinski definition) is 4.